The zero-order valence-electron chi connectivity index (χ0n) is 22.6. The number of likely N-dealkylation sites (tertiary alicyclic amines) is 1. The SMILES string of the molecule is CNC[C@H](CC1CCCCC1)NC(=O)N1CCC[C@@H]([C@@H](OCC(C)N(C)C(=O)O)c2cccc(Cl)c2)C1. The van der Waals surface area contributed by atoms with Crippen molar-refractivity contribution in [2.45, 2.75) is 76.5 Å². The smallest absolute Gasteiger partial charge is 0.407 e. The van der Waals surface area contributed by atoms with Crippen molar-refractivity contribution in [2.75, 3.05) is 40.3 Å². The molecular weight excluding hydrogens is 492 g/mol. The van der Waals surface area contributed by atoms with Gasteiger partial charge in [0.05, 0.1) is 18.8 Å². The summed E-state index contributed by atoms with van der Waals surface area (Å²) in [5.41, 5.74) is 0.954. The third-order valence-electron chi connectivity index (χ3n) is 7.95. The fourth-order valence-corrected chi connectivity index (χ4v) is 5.90. The number of nitrogens with zero attached hydrogens (tertiary/aromatic N) is 2. The van der Waals surface area contributed by atoms with Gasteiger partial charge in [-0.3, -0.25) is 0 Å². The monoisotopic (exact) mass is 536 g/mol. The van der Waals surface area contributed by atoms with Crippen molar-refractivity contribution >= 4 is 23.7 Å². The molecule has 1 saturated heterocycles. The summed E-state index contributed by atoms with van der Waals surface area (Å²) >= 11 is 6.31. The van der Waals surface area contributed by atoms with Gasteiger partial charge in [-0.05, 0) is 56.8 Å². The Kier molecular flexibility index (Phi) is 11.8. The molecule has 0 bridgehead atoms. The molecule has 1 unspecified atom stereocenters. The second kappa shape index (κ2) is 14.8. The number of ether oxygens (including phenoxy) is 1. The molecule has 3 N–H and O–H groups in total. The van der Waals surface area contributed by atoms with Crippen LogP contribution in [0, 0.1) is 11.8 Å². The molecule has 0 aromatic heterocycles. The lowest BCUT2D eigenvalue weighted by Gasteiger charge is -2.38. The van der Waals surface area contributed by atoms with E-state index in [4.69, 9.17) is 16.3 Å². The van der Waals surface area contributed by atoms with Crippen LogP contribution in [0.2, 0.25) is 5.02 Å². The van der Waals surface area contributed by atoms with Crippen LogP contribution in [-0.4, -0.2) is 79.5 Å². The van der Waals surface area contributed by atoms with Gasteiger partial charge in [0.1, 0.15) is 0 Å². The van der Waals surface area contributed by atoms with Gasteiger partial charge in [0.15, 0.2) is 0 Å². The maximum atomic E-state index is 13.4. The fourth-order valence-electron chi connectivity index (χ4n) is 5.70. The highest BCUT2D eigenvalue weighted by Gasteiger charge is 2.33. The molecule has 37 heavy (non-hydrogen) atoms. The first-order valence-electron chi connectivity index (χ1n) is 13.8. The topological polar surface area (TPSA) is 94.1 Å². The van der Waals surface area contributed by atoms with Crippen LogP contribution in [0.3, 0.4) is 0 Å². The summed E-state index contributed by atoms with van der Waals surface area (Å²) in [5.74, 6) is 0.773. The van der Waals surface area contributed by atoms with Crippen LogP contribution in [0.4, 0.5) is 9.59 Å². The summed E-state index contributed by atoms with van der Waals surface area (Å²) in [6, 6.07) is 7.44. The molecule has 3 rings (SSSR count). The number of nitrogens with one attached hydrogen (secondary N) is 2. The number of urea groups is 1. The first-order chi connectivity index (χ1) is 17.8. The van der Waals surface area contributed by atoms with E-state index in [9.17, 15) is 14.7 Å². The van der Waals surface area contributed by atoms with Crippen molar-refractivity contribution in [1.29, 1.82) is 0 Å². The van der Waals surface area contributed by atoms with Crippen molar-refractivity contribution in [3.05, 3.63) is 34.9 Å². The summed E-state index contributed by atoms with van der Waals surface area (Å²) in [6.45, 7) is 4.16. The zero-order chi connectivity index (χ0) is 26.8. The zero-order valence-corrected chi connectivity index (χ0v) is 23.4. The molecule has 1 aliphatic heterocycles. The Bertz CT molecular complexity index is 866. The number of rotatable bonds is 11. The Morgan fingerprint density at radius 1 is 1.22 bits per heavy atom. The van der Waals surface area contributed by atoms with Gasteiger partial charge in [0.25, 0.3) is 0 Å². The molecule has 1 aromatic carbocycles. The van der Waals surface area contributed by atoms with Crippen LogP contribution in [0.1, 0.15) is 70.0 Å². The van der Waals surface area contributed by atoms with E-state index in [1.807, 2.05) is 43.1 Å². The lowest BCUT2D eigenvalue weighted by atomic mass is 9.85. The van der Waals surface area contributed by atoms with E-state index in [2.05, 4.69) is 10.6 Å². The average Bonchev–Trinajstić information content (AvgIpc) is 2.89. The number of hydrogen-bond acceptors (Lipinski definition) is 4. The van der Waals surface area contributed by atoms with Crippen LogP contribution >= 0.6 is 11.6 Å². The summed E-state index contributed by atoms with van der Waals surface area (Å²) in [6.07, 6.45) is 8.01. The van der Waals surface area contributed by atoms with Gasteiger partial charge in [-0.2, -0.15) is 0 Å². The first kappa shape index (κ1) is 29.5. The Morgan fingerprint density at radius 3 is 2.65 bits per heavy atom. The molecule has 208 valence electrons. The van der Waals surface area contributed by atoms with Gasteiger partial charge in [-0.15, -0.1) is 0 Å². The molecule has 3 amide bonds. The molecule has 1 aromatic rings. The van der Waals surface area contributed by atoms with Gasteiger partial charge in [-0.1, -0.05) is 55.8 Å². The molecule has 1 saturated carbocycles. The van der Waals surface area contributed by atoms with Crippen LogP contribution < -0.4 is 10.6 Å². The van der Waals surface area contributed by atoms with Crippen molar-refractivity contribution < 1.29 is 19.4 Å². The molecule has 8 nitrogen and oxygen atoms in total. The number of piperidine rings is 1. The highest BCUT2D eigenvalue weighted by molar-refractivity contribution is 6.30. The number of carbonyl (C=O) groups is 2. The van der Waals surface area contributed by atoms with Crippen LogP contribution in [0.5, 0.6) is 0 Å². The van der Waals surface area contributed by atoms with E-state index < -0.39 is 6.09 Å². The maximum absolute atomic E-state index is 13.4. The van der Waals surface area contributed by atoms with Crippen molar-refractivity contribution in [3.8, 4) is 0 Å². The van der Waals surface area contributed by atoms with Gasteiger partial charge in [0, 0.05) is 43.7 Å². The summed E-state index contributed by atoms with van der Waals surface area (Å²) in [5, 5.41) is 16.5. The van der Waals surface area contributed by atoms with E-state index in [-0.39, 0.29) is 36.7 Å². The predicted octanol–water partition coefficient (Wildman–Crippen LogP) is 5.38. The van der Waals surface area contributed by atoms with Crippen molar-refractivity contribution in [2.24, 2.45) is 11.8 Å². The first-order valence-corrected chi connectivity index (χ1v) is 14.2. The van der Waals surface area contributed by atoms with Gasteiger partial charge < -0.3 is 30.3 Å². The van der Waals surface area contributed by atoms with Crippen molar-refractivity contribution in [3.63, 3.8) is 0 Å². The number of likely N-dealkylation sites (N-methyl/N-ethyl adjacent to an activating group) is 2. The quantitative estimate of drug-likeness (QED) is 0.353. The number of hydrogen-bond donors (Lipinski definition) is 3. The highest BCUT2D eigenvalue weighted by Crippen LogP contribution is 2.34. The highest BCUT2D eigenvalue weighted by atomic mass is 35.5. The third kappa shape index (κ3) is 9.04. The number of carbonyl (C=O) groups excluding carboxylic acids is 1. The maximum Gasteiger partial charge on any atom is 0.407 e. The van der Waals surface area contributed by atoms with Crippen LogP contribution in [0.25, 0.3) is 0 Å². The van der Waals surface area contributed by atoms with Crippen LogP contribution in [0.15, 0.2) is 24.3 Å². The lowest BCUT2D eigenvalue weighted by molar-refractivity contribution is -0.0288. The molecule has 2 fully saturated rings. The van der Waals surface area contributed by atoms with E-state index in [0.29, 0.717) is 17.5 Å². The molecule has 1 heterocycles. The molecular formula is C28H45ClN4O4. The van der Waals surface area contributed by atoms with Gasteiger partial charge >= 0.3 is 12.1 Å². The van der Waals surface area contributed by atoms with Gasteiger partial charge in [0.2, 0.25) is 0 Å². The molecule has 1 aliphatic carbocycles. The number of carboxylic acid groups (broad SMARTS) is 1. The van der Waals surface area contributed by atoms with Gasteiger partial charge in [-0.25, -0.2) is 9.59 Å². The molecule has 2 aliphatic rings. The number of benzene rings is 1. The largest absolute Gasteiger partial charge is 0.465 e. The number of halogens is 1. The Morgan fingerprint density at radius 2 is 1.97 bits per heavy atom. The summed E-state index contributed by atoms with van der Waals surface area (Å²) in [4.78, 5) is 27.9. The second-order valence-electron chi connectivity index (χ2n) is 10.8. The Balaban J connectivity index is 1.67. The minimum absolute atomic E-state index is 0.00965. The normalized spacial score (nSPS) is 21.2. The third-order valence-corrected chi connectivity index (χ3v) is 8.19. The Hall–Kier alpha value is -2.03. The summed E-state index contributed by atoms with van der Waals surface area (Å²) in [7, 11) is 3.49. The average molecular weight is 537 g/mol. The second-order valence-corrected chi connectivity index (χ2v) is 11.3. The molecule has 0 radical (unpaired) electrons. The number of amides is 3. The lowest BCUT2D eigenvalue weighted by Crippen LogP contribution is -2.52. The van der Waals surface area contributed by atoms with Crippen molar-refractivity contribution in [1.82, 2.24) is 20.4 Å². The molecule has 0 spiro atoms. The predicted molar refractivity (Wildman–Crippen MR) is 147 cm³/mol. The van der Waals surface area contributed by atoms with E-state index in [1.165, 1.54) is 37.0 Å². The van der Waals surface area contributed by atoms with E-state index in [0.717, 1.165) is 37.9 Å². The standard InChI is InChI=1S/C28H45ClN4O4/c1-20(32(3)28(35)36)19-37-26(22-11-7-13-24(29)16-22)23-12-8-14-33(18-23)27(34)31-25(17-30-2)15-21-9-5-4-6-10-21/h7,11,13,16,20-21,23,25-26,30H,4-6,8-10,12,14-15,17-19H2,1-3H3,(H,31,34)(H,35,36)/t20?,23-,25+,26+/m1/s1. The molecule has 9 heteroatoms. The van der Waals surface area contributed by atoms with E-state index in [1.54, 1.807) is 7.05 Å². The van der Waals surface area contributed by atoms with E-state index >= 15 is 0 Å². The Labute approximate surface area is 227 Å². The minimum atomic E-state index is -0.986. The fraction of sp³-hybridized carbons (Fsp3) is 0.714. The summed E-state index contributed by atoms with van der Waals surface area (Å²) < 4.78 is 6.37. The minimum Gasteiger partial charge on any atom is -0.465 e. The van der Waals surface area contributed by atoms with Crippen LogP contribution in [-0.2, 0) is 4.74 Å². The molecule has 4 atom stereocenters.